The molecular weight excluding hydrogens is 412 g/mol. The fraction of sp³-hybridized carbons (Fsp3) is 0.333. The van der Waals surface area contributed by atoms with Gasteiger partial charge in [-0.2, -0.15) is 5.10 Å². The Morgan fingerprint density at radius 2 is 1.94 bits per heavy atom. The van der Waals surface area contributed by atoms with Crippen molar-refractivity contribution in [3.05, 3.63) is 65.4 Å². The van der Waals surface area contributed by atoms with Crippen LogP contribution in [0, 0.1) is 0 Å². The molecular formula is C24H29ClN4O2. The van der Waals surface area contributed by atoms with Gasteiger partial charge in [0.1, 0.15) is 6.23 Å². The first-order valence-electron chi connectivity index (χ1n) is 10.5. The molecule has 0 bridgehead atoms. The summed E-state index contributed by atoms with van der Waals surface area (Å²) in [6.07, 6.45) is 4.34. The lowest BCUT2D eigenvalue weighted by atomic mass is 10.1. The molecule has 2 aromatic carbocycles. The summed E-state index contributed by atoms with van der Waals surface area (Å²) in [7, 11) is 0. The highest BCUT2D eigenvalue weighted by Gasteiger charge is 2.30. The third kappa shape index (κ3) is 4.98. The van der Waals surface area contributed by atoms with E-state index in [1.54, 1.807) is 4.90 Å². The van der Waals surface area contributed by atoms with Gasteiger partial charge in [0.25, 0.3) is 5.91 Å². The lowest BCUT2D eigenvalue weighted by Gasteiger charge is -2.41. The van der Waals surface area contributed by atoms with Gasteiger partial charge in [-0.1, -0.05) is 43.3 Å². The quantitative estimate of drug-likeness (QED) is 0.628. The molecule has 4 rings (SSSR count). The molecule has 2 unspecified atom stereocenters. The van der Waals surface area contributed by atoms with Crippen LogP contribution in [0.3, 0.4) is 0 Å². The molecule has 1 aliphatic heterocycles. The van der Waals surface area contributed by atoms with E-state index in [4.69, 9.17) is 0 Å². The number of aromatic nitrogens is 2. The molecule has 31 heavy (non-hydrogen) atoms. The largest absolute Gasteiger partial charge is 0.376 e. The second kappa shape index (κ2) is 10.1. The minimum absolute atomic E-state index is 0. The maximum atomic E-state index is 12.9. The SMILES string of the molecule is CCC(C)N1CCN(C(=O)c2ccc(C=Cc3n[nH]c4ccccc34)cc2)CC1O.Cl. The van der Waals surface area contributed by atoms with Gasteiger partial charge in [0.05, 0.1) is 17.8 Å². The van der Waals surface area contributed by atoms with Crippen LogP contribution in [0.1, 0.15) is 41.9 Å². The van der Waals surface area contributed by atoms with E-state index in [0.29, 0.717) is 31.2 Å². The van der Waals surface area contributed by atoms with Gasteiger partial charge in [0.15, 0.2) is 0 Å². The van der Waals surface area contributed by atoms with Crippen molar-refractivity contribution in [3.8, 4) is 0 Å². The zero-order valence-electron chi connectivity index (χ0n) is 17.9. The van der Waals surface area contributed by atoms with Crippen LogP contribution >= 0.6 is 12.4 Å². The van der Waals surface area contributed by atoms with Crippen LogP contribution in [-0.4, -0.2) is 62.9 Å². The summed E-state index contributed by atoms with van der Waals surface area (Å²) in [4.78, 5) is 16.7. The summed E-state index contributed by atoms with van der Waals surface area (Å²) >= 11 is 0. The number of piperazine rings is 1. The topological polar surface area (TPSA) is 72.5 Å². The molecule has 1 saturated heterocycles. The number of H-pyrrole nitrogens is 1. The monoisotopic (exact) mass is 440 g/mol. The summed E-state index contributed by atoms with van der Waals surface area (Å²) in [6.45, 7) is 5.89. The van der Waals surface area contributed by atoms with Crippen LogP contribution < -0.4 is 0 Å². The molecule has 1 fully saturated rings. The molecule has 0 aliphatic carbocycles. The van der Waals surface area contributed by atoms with Gasteiger partial charge in [0, 0.05) is 30.1 Å². The number of amides is 1. The number of aromatic amines is 1. The molecule has 1 amide bonds. The minimum atomic E-state index is -0.608. The molecule has 3 aromatic rings. The lowest BCUT2D eigenvalue weighted by Crippen LogP contribution is -2.57. The fourth-order valence-electron chi connectivity index (χ4n) is 3.92. The molecule has 6 nitrogen and oxygen atoms in total. The number of β-amino-alcohol motifs (C(OH)–C–C–N with tert-alkyl or cyclic N) is 1. The van der Waals surface area contributed by atoms with Crippen LogP contribution in [-0.2, 0) is 0 Å². The van der Waals surface area contributed by atoms with Crippen molar-refractivity contribution >= 4 is 41.4 Å². The maximum absolute atomic E-state index is 12.9. The number of halogens is 1. The number of carbonyl (C=O) groups excluding carboxylic acids is 1. The Bertz CT molecular complexity index is 1050. The van der Waals surface area contributed by atoms with Crippen molar-refractivity contribution in [2.75, 3.05) is 19.6 Å². The number of nitrogens with zero attached hydrogens (tertiary/aromatic N) is 3. The van der Waals surface area contributed by atoms with Crippen molar-refractivity contribution in [1.82, 2.24) is 20.0 Å². The van der Waals surface area contributed by atoms with E-state index in [0.717, 1.165) is 28.6 Å². The Morgan fingerprint density at radius 1 is 1.19 bits per heavy atom. The number of para-hydroxylation sites is 1. The first kappa shape index (κ1) is 23.0. The number of hydrogen-bond acceptors (Lipinski definition) is 4. The van der Waals surface area contributed by atoms with Gasteiger partial charge >= 0.3 is 0 Å². The highest BCUT2D eigenvalue weighted by atomic mass is 35.5. The molecule has 2 N–H and O–H groups in total. The summed E-state index contributed by atoms with van der Waals surface area (Å²) in [5.74, 6) is -0.0355. The number of aliphatic hydroxyl groups is 1. The average Bonchev–Trinajstić information content (AvgIpc) is 3.20. The molecule has 0 spiro atoms. The van der Waals surface area contributed by atoms with Gasteiger partial charge in [0.2, 0.25) is 0 Å². The van der Waals surface area contributed by atoms with Gasteiger partial charge in [-0.05, 0) is 43.2 Å². The molecule has 1 aromatic heterocycles. The minimum Gasteiger partial charge on any atom is -0.376 e. The van der Waals surface area contributed by atoms with Gasteiger partial charge in [-0.3, -0.25) is 14.8 Å². The molecule has 1 aliphatic rings. The average molecular weight is 441 g/mol. The van der Waals surface area contributed by atoms with Crippen molar-refractivity contribution in [2.45, 2.75) is 32.5 Å². The second-order valence-corrected chi connectivity index (χ2v) is 7.84. The molecule has 7 heteroatoms. The van der Waals surface area contributed by atoms with E-state index < -0.39 is 6.23 Å². The van der Waals surface area contributed by atoms with Crippen LogP contribution in [0.25, 0.3) is 23.1 Å². The van der Waals surface area contributed by atoms with E-state index in [1.165, 1.54) is 0 Å². The van der Waals surface area contributed by atoms with Crippen LogP contribution in [0.2, 0.25) is 0 Å². The summed E-state index contributed by atoms with van der Waals surface area (Å²) in [6, 6.07) is 15.9. The van der Waals surface area contributed by atoms with Crippen molar-refractivity contribution < 1.29 is 9.90 Å². The fourth-order valence-corrected chi connectivity index (χ4v) is 3.92. The third-order valence-corrected chi connectivity index (χ3v) is 5.93. The summed E-state index contributed by atoms with van der Waals surface area (Å²) < 4.78 is 0. The Labute approximate surface area is 189 Å². The molecule has 0 saturated carbocycles. The lowest BCUT2D eigenvalue weighted by molar-refractivity contribution is -0.0672. The molecule has 0 radical (unpaired) electrons. The maximum Gasteiger partial charge on any atom is 0.254 e. The standard InChI is InChI=1S/C24H28N4O2.ClH/c1-3-17(2)28-15-14-27(16-23(28)29)24(30)19-11-8-18(9-12-19)10-13-22-20-6-4-5-7-21(20)25-26-22;/h4-13,17,23,29H,3,14-16H2,1-2H3,(H,25,26);1H. The number of nitrogens with one attached hydrogen (secondary N) is 1. The van der Waals surface area contributed by atoms with E-state index in [9.17, 15) is 9.90 Å². The zero-order chi connectivity index (χ0) is 21.1. The first-order chi connectivity index (χ1) is 14.6. The third-order valence-electron chi connectivity index (χ3n) is 5.93. The molecule has 164 valence electrons. The van der Waals surface area contributed by atoms with Crippen LogP contribution in [0.5, 0.6) is 0 Å². The number of hydrogen-bond donors (Lipinski definition) is 2. The summed E-state index contributed by atoms with van der Waals surface area (Å²) in [5, 5.41) is 18.9. The Kier molecular flexibility index (Phi) is 7.49. The Hall–Kier alpha value is -2.67. The van der Waals surface area contributed by atoms with Gasteiger partial charge < -0.3 is 10.0 Å². The Balaban J connectivity index is 0.00000272. The van der Waals surface area contributed by atoms with Crippen molar-refractivity contribution in [2.24, 2.45) is 0 Å². The number of aliphatic hydroxyl groups excluding tert-OH is 1. The number of rotatable bonds is 5. The molecule has 2 atom stereocenters. The van der Waals surface area contributed by atoms with Crippen LogP contribution in [0.15, 0.2) is 48.5 Å². The van der Waals surface area contributed by atoms with Gasteiger partial charge in [-0.15, -0.1) is 12.4 Å². The highest BCUT2D eigenvalue weighted by Crippen LogP contribution is 2.19. The second-order valence-electron chi connectivity index (χ2n) is 7.84. The molecule has 2 heterocycles. The summed E-state index contributed by atoms with van der Waals surface area (Å²) in [5.41, 5.74) is 3.54. The van der Waals surface area contributed by atoms with Crippen molar-refractivity contribution in [1.29, 1.82) is 0 Å². The van der Waals surface area contributed by atoms with Crippen LogP contribution in [0.4, 0.5) is 0 Å². The van der Waals surface area contributed by atoms with Crippen molar-refractivity contribution in [3.63, 3.8) is 0 Å². The van der Waals surface area contributed by atoms with E-state index in [-0.39, 0.29) is 18.3 Å². The normalized spacial score (nSPS) is 18.3. The number of carbonyl (C=O) groups is 1. The first-order valence-corrected chi connectivity index (χ1v) is 10.5. The predicted octanol–water partition coefficient (Wildman–Crippen LogP) is 4.03. The Morgan fingerprint density at radius 3 is 2.65 bits per heavy atom. The zero-order valence-corrected chi connectivity index (χ0v) is 18.7. The van der Waals surface area contributed by atoms with E-state index in [1.807, 2.05) is 60.7 Å². The smallest absolute Gasteiger partial charge is 0.254 e. The van der Waals surface area contributed by atoms with E-state index >= 15 is 0 Å². The highest BCUT2D eigenvalue weighted by molar-refractivity contribution is 5.95. The number of fused-ring (bicyclic) bond motifs is 1. The van der Waals surface area contributed by atoms with E-state index in [2.05, 4.69) is 28.9 Å². The number of benzene rings is 2. The van der Waals surface area contributed by atoms with Gasteiger partial charge in [-0.25, -0.2) is 0 Å². The predicted molar refractivity (Wildman–Crippen MR) is 127 cm³/mol.